The Morgan fingerprint density at radius 1 is 0.962 bits per heavy atom. The monoisotopic (exact) mass is 374 g/mol. The first-order chi connectivity index (χ1) is 12.5. The number of carbonyl (C=O) groups excluding carboxylic acids is 3. The van der Waals surface area contributed by atoms with Crippen LogP contribution in [0.1, 0.15) is 22.3 Å². The predicted octanol–water partition coefficient (Wildman–Crippen LogP) is 1.77. The predicted molar refractivity (Wildman–Crippen MR) is 98.3 cm³/mol. The highest BCUT2D eigenvalue weighted by molar-refractivity contribution is 6.30. The van der Waals surface area contributed by atoms with E-state index in [0.29, 0.717) is 17.1 Å². The van der Waals surface area contributed by atoms with E-state index in [1.165, 1.54) is 0 Å². The molecule has 0 fully saturated rings. The first-order valence-electron chi connectivity index (χ1n) is 7.87. The summed E-state index contributed by atoms with van der Waals surface area (Å²) >= 11 is 5.82. The number of primary amides is 1. The number of rotatable bonds is 7. The summed E-state index contributed by atoms with van der Waals surface area (Å²) in [5, 5.41) is 3.54. The van der Waals surface area contributed by atoms with E-state index in [0.717, 1.165) is 5.56 Å². The Morgan fingerprint density at radius 3 is 2.23 bits per heavy atom. The molecule has 0 bridgehead atoms. The van der Waals surface area contributed by atoms with Crippen LogP contribution in [0, 0.1) is 0 Å². The van der Waals surface area contributed by atoms with Gasteiger partial charge in [-0.2, -0.15) is 0 Å². The van der Waals surface area contributed by atoms with Crippen LogP contribution < -0.4 is 21.9 Å². The van der Waals surface area contributed by atoms with Crippen molar-refractivity contribution in [2.24, 2.45) is 5.73 Å². The summed E-state index contributed by atoms with van der Waals surface area (Å²) in [6.45, 7) is 0.378. The number of ketones is 1. The van der Waals surface area contributed by atoms with Gasteiger partial charge in [0.25, 0.3) is 5.91 Å². The third-order valence-electron chi connectivity index (χ3n) is 3.58. The molecule has 0 saturated heterocycles. The molecule has 3 amide bonds. The van der Waals surface area contributed by atoms with Gasteiger partial charge in [-0.1, -0.05) is 41.9 Å². The van der Waals surface area contributed by atoms with Crippen LogP contribution in [0.4, 0.5) is 4.79 Å². The van der Waals surface area contributed by atoms with E-state index in [2.05, 4.69) is 10.7 Å². The number of hydrogen-bond acceptors (Lipinski definition) is 4. The number of carbonyl (C=O) groups is 3. The average molecular weight is 375 g/mol. The van der Waals surface area contributed by atoms with Gasteiger partial charge in [0.1, 0.15) is 0 Å². The lowest BCUT2D eigenvalue weighted by molar-refractivity contribution is -0.123. The molecular weight excluding hydrogens is 356 g/mol. The van der Waals surface area contributed by atoms with E-state index in [9.17, 15) is 14.4 Å². The summed E-state index contributed by atoms with van der Waals surface area (Å²) in [5.41, 5.74) is 10.5. The maximum atomic E-state index is 12.4. The molecule has 1 atom stereocenters. The smallest absolute Gasteiger partial charge is 0.330 e. The number of benzene rings is 2. The van der Waals surface area contributed by atoms with Crippen molar-refractivity contribution in [1.29, 1.82) is 0 Å². The van der Waals surface area contributed by atoms with E-state index in [-0.39, 0.29) is 12.2 Å². The van der Waals surface area contributed by atoms with E-state index >= 15 is 0 Å². The van der Waals surface area contributed by atoms with Crippen molar-refractivity contribution in [1.82, 2.24) is 16.2 Å². The number of amides is 3. The van der Waals surface area contributed by atoms with Crippen molar-refractivity contribution >= 4 is 29.3 Å². The molecule has 2 aromatic carbocycles. The van der Waals surface area contributed by atoms with Gasteiger partial charge in [0, 0.05) is 23.6 Å². The van der Waals surface area contributed by atoms with Crippen molar-refractivity contribution in [3.8, 4) is 0 Å². The van der Waals surface area contributed by atoms with Gasteiger partial charge in [-0.3, -0.25) is 15.0 Å². The molecule has 0 heterocycles. The lowest BCUT2D eigenvalue weighted by Gasteiger charge is -2.18. The molecule has 7 nitrogen and oxygen atoms in total. The molecular formula is C18H19ClN4O3. The zero-order valence-corrected chi connectivity index (χ0v) is 14.6. The number of urea groups is 1. The van der Waals surface area contributed by atoms with E-state index < -0.39 is 18.0 Å². The molecule has 136 valence electrons. The minimum absolute atomic E-state index is 0.0965. The Kier molecular flexibility index (Phi) is 7.13. The van der Waals surface area contributed by atoms with Gasteiger partial charge in [0.15, 0.2) is 5.78 Å². The fourth-order valence-electron chi connectivity index (χ4n) is 2.24. The van der Waals surface area contributed by atoms with Crippen molar-refractivity contribution in [3.63, 3.8) is 0 Å². The van der Waals surface area contributed by atoms with Gasteiger partial charge < -0.3 is 11.1 Å². The third-order valence-corrected chi connectivity index (χ3v) is 3.83. The molecule has 8 heteroatoms. The summed E-state index contributed by atoms with van der Waals surface area (Å²) < 4.78 is 0. The highest BCUT2D eigenvalue weighted by atomic mass is 35.5. The van der Waals surface area contributed by atoms with Gasteiger partial charge in [-0.05, 0) is 29.8 Å². The summed E-state index contributed by atoms with van der Waals surface area (Å²) in [6.07, 6.45) is -0.0965. The van der Waals surface area contributed by atoms with Gasteiger partial charge in [-0.25, -0.2) is 10.2 Å². The second kappa shape index (κ2) is 9.55. The third kappa shape index (κ3) is 6.19. The van der Waals surface area contributed by atoms with Gasteiger partial charge in [0.2, 0.25) is 0 Å². The Balaban J connectivity index is 2.05. The topological polar surface area (TPSA) is 113 Å². The Hall–Kier alpha value is -2.90. The summed E-state index contributed by atoms with van der Waals surface area (Å²) in [5.74, 6) is -0.802. The Labute approximate surface area is 155 Å². The zero-order chi connectivity index (χ0) is 18.9. The quantitative estimate of drug-likeness (QED) is 0.437. The van der Waals surface area contributed by atoms with Gasteiger partial charge >= 0.3 is 6.03 Å². The van der Waals surface area contributed by atoms with Crippen LogP contribution in [-0.2, 0) is 11.3 Å². The lowest BCUT2D eigenvalue weighted by atomic mass is 10.0. The number of hydrazine groups is 1. The molecule has 0 aliphatic carbocycles. The molecule has 5 N–H and O–H groups in total. The summed E-state index contributed by atoms with van der Waals surface area (Å²) in [4.78, 5) is 35.5. The van der Waals surface area contributed by atoms with Crippen LogP contribution >= 0.6 is 11.6 Å². The van der Waals surface area contributed by atoms with Crippen LogP contribution in [0.3, 0.4) is 0 Å². The van der Waals surface area contributed by atoms with Crippen LogP contribution in [0.5, 0.6) is 0 Å². The number of Topliss-reactive ketones (excluding diaryl/α,β-unsaturated/α-hetero) is 1. The molecule has 0 aliphatic heterocycles. The molecule has 0 spiro atoms. The van der Waals surface area contributed by atoms with E-state index in [4.69, 9.17) is 17.3 Å². The fourth-order valence-corrected chi connectivity index (χ4v) is 2.37. The van der Waals surface area contributed by atoms with E-state index in [1.807, 2.05) is 35.8 Å². The molecule has 1 unspecified atom stereocenters. The summed E-state index contributed by atoms with van der Waals surface area (Å²) in [7, 11) is 0. The minimum atomic E-state index is -0.899. The minimum Gasteiger partial charge on any atom is -0.350 e. The standard InChI is InChI=1S/C18H19ClN4O3/c19-14-8-6-13(7-9-14)16(24)10-15(17(25)22-23-18(20)26)21-11-12-4-2-1-3-5-12/h1-9,15,21H,10-11H2,(H,22,25)(H3,20,23,26). The largest absolute Gasteiger partial charge is 0.350 e. The highest BCUT2D eigenvalue weighted by Crippen LogP contribution is 2.12. The van der Waals surface area contributed by atoms with Crippen molar-refractivity contribution < 1.29 is 14.4 Å². The first-order valence-corrected chi connectivity index (χ1v) is 8.25. The van der Waals surface area contributed by atoms with Crippen LogP contribution in [0.2, 0.25) is 5.02 Å². The average Bonchev–Trinajstić information content (AvgIpc) is 2.64. The first kappa shape index (κ1) is 19.4. The van der Waals surface area contributed by atoms with Gasteiger partial charge in [0.05, 0.1) is 6.04 Å². The van der Waals surface area contributed by atoms with Crippen LogP contribution in [-0.4, -0.2) is 23.8 Å². The molecule has 0 saturated carbocycles. The summed E-state index contributed by atoms with van der Waals surface area (Å²) in [6, 6.07) is 14.1. The molecule has 2 aromatic rings. The SMILES string of the molecule is NC(=O)NNC(=O)C(CC(=O)c1ccc(Cl)cc1)NCc1ccccc1. The lowest BCUT2D eigenvalue weighted by Crippen LogP contribution is -2.52. The maximum Gasteiger partial charge on any atom is 0.330 e. The normalized spacial score (nSPS) is 11.4. The Morgan fingerprint density at radius 2 is 1.62 bits per heavy atom. The number of hydrogen-bond donors (Lipinski definition) is 4. The van der Waals surface area contributed by atoms with Gasteiger partial charge in [-0.15, -0.1) is 0 Å². The van der Waals surface area contributed by atoms with E-state index in [1.54, 1.807) is 24.3 Å². The second-order valence-corrected chi connectivity index (χ2v) is 5.97. The Bertz CT molecular complexity index is 766. The van der Waals surface area contributed by atoms with Crippen LogP contribution in [0.25, 0.3) is 0 Å². The highest BCUT2D eigenvalue weighted by Gasteiger charge is 2.22. The maximum absolute atomic E-state index is 12.4. The van der Waals surface area contributed by atoms with Crippen molar-refractivity contribution in [2.75, 3.05) is 0 Å². The second-order valence-electron chi connectivity index (χ2n) is 5.53. The molecule has 0 radical (unpaired) electrons. The molecule has 0 aliphatic rings. The van der Waals surface area contributed by atoms with Crippen molar-refractivity contribution in [2.45, 2.75) is 19.0 Å². The van der Waals surface area contributed by atoms with Crippen LogP contribution in [0.15, 0.2) is 54.6 Å². The number of halogens is 1. The van der Waals surface area contributed by atoms with Crippen molar-refractivity contribution in [3.05, 3.63) is 70.7 Å². The number of nitrogens with one attached hydrogen (secondary N) is 3. The molecule has 2 rings (SSSR count). The fraction of sp³-hybridized carbons (Fsp3) is 0.167. The number of nitrogens with two attached hydrogens (primary N) is 1. The molecule has 26 heavy (non-hydrogen) atoms. The zero-order valence-electron chi connectivity index (χ0n) is 13.9. The molecule has 0 aromatic heterocycles.